The molecule has 0 unspecified atom stereocenters. The molecule has 2 atom stereocenters. The molecule has 0 radical (unpaired) electrons. The zero-order valence-electron chi connectivity index (χ0n) is 21.1. The minimum Gasteiger partial charge on any atom is -0.490 e. The van der Waals surface area contributed by atoms with E-state index in [0.717, 1.165) is 41.0 Å². The largest absolute Gasteiger partial charge is 0.490 e. The summed E-state index contributed by atoms with van der Waals surface area (Å²) in [5.74, 6) is -0.403. The maximum Gasteiger partial charge on any atom is 0.362 e. The molecule has 2 saturated heterocycles. The summed E-state index contributed by atoms with van der Waals surface area (Å²) in [6.45, 7) is 3.23. The molecule has 212 valence electrons. The summed E-state index contributed by atoms with van der Waals surface area (Å²) in [5.41, 5.74) is 5.53. The highest BCUT2D eigenvalue weighted by Crippen LogP contribution is 2.26. The Bertz CT molecular complexity index is 1570. The SMILES string of the molecule is C[C@H]1[C@H](NC(=O)/C(=N\OCCOc2ccc3c(NC4CNC4)nccc3c2)c2csc(N)n2)C(=O)N1S(=O)(=O)O. The minimum atomic E-state index is -4.74. The average Bonchev–Trinajstić information content (AvgIpc) is 3.31. The first kappa shape index (κ1) is 27.5. The Balaban J connectivity index is 1.19. The number of hydrogen-bond donors (Lipinski definition) is 5. The number of β-lactam (4-membered cyclic amide) rings is 1. The van der Waals surface area contributed by atoms with Gasteiger partial charge in [0.25, 0.3) is 11.8 Å². The molecule has 2 fully saturated rings. The summed E-state index contributed by atoms with van der Waals surface area (Å²) >= 11 is 1.07. The molecule has 6 N–H and O–H groups in total. The number of carbonyl (C=O) groups is 2. The van der Waals surface area contributed by atoms with Crippen molar-refractivity contribution in [1.29, 1.82) is 0 Å². The number of benzene rings is 1. The van der Waals surface area contributed by atoms with Gasteiger partial charge in [-0.15, -0.1) is 11.3 Å². The van der Waals surface area contributed by atoms with Crippen LogP contribution in [0.2, 0.25) is 0 Å². The van der Waals surface area contributed by atoms with Gasteiger partial charge in [-0.2, -0.15) is 8.42 Å². The molecule has 0 saturated carbocycles. The van der Waals surface area contributed by atoms with Crippen molar-refractivity contribution >= 4 is 60.9 Å². The van der Waals surface area contributed by atoms with Crippen LogP contribution in [0.15, 0.2) is 41.0 Å². The topological polar surface area (TPSA) is 210 Å². The molecule has 5 rings (SSSR count). The van der Waals surface area contributed by atoms with Gasteiger partial charge >= 0.3 is 10.3 Å². The summed E-state index contributed by atoms with van der Waals surface area (Å²) in [6, 6.07) is 5.68. The van der Waals surface area contributed by atoms with Gasteiger partial charge in [-0.05, 0) is 36.6 Å². The number of nitrogens with one attached hydrogen (secondary N) is 3. The zero-order valence-corrected chi connectivity index (χ0v) is 22.7. The van der Waals surface area contributed by atoms with E-state index in [9.17, 15) is 18.0 Å². The first-order valence-electron chi connectivity index (χ1n) is 12.1. The van der Waals surface area contributed by atoms with E-state index < -0.39 is 34.2 Å². The summed E-state index contributed by atoms with van der Waals surface area (Å²) in [7, 11) is -4.74. The van der Waals surface area contributed by atoms with Crippen LogP contribution in [-0.4, -0.2) is 89.2 Å². The fourth-order valence-electron chi connectivity index (χ4n) is 4.17. The van der Waals surface area contributed by atoms with E-state index in [1.165, 1.54) is 12.3 Å². The fourth-order valence-corrected chi connectivity index (χ4v) is 5.60. The molecule has 3 aromatic rings. The van der Waals surface area contributed by atoms with Crippen molar-refractivity contribution in [2.24, 2.45) is 5.16 Å². The van der Waals surface area contributed by atoms with E-state index in [2.05, 4.69) is 31.1 Å². The Morgan fingerprint density at radius 2 is 2.12 bits per heavy atom. The number of hydrogen-bond acceptors (Lipinski definition) is 13. The van der Waals surface area contributed by atoms with Gasteiger partial charge in [0.1, 0.15) is 29.9 Å². The van der Waals surface area contributed by atoms with Crippen LogP contribution in [0.3, 0.4) is 0 Å². The van der Waals surface area contributed by atoms with Crippen LogP contribution < -0.4 is 26.4 Å². The van der Waals surface area contributed by atoms with Gasteiger partial charge in [0.05, 0.1) is 12.1 Å². The number of amides is 2. The molecule has 4 heterocycles. The standard InChI is InChI=1S/C23H26N8O7S2/c1-12-18(22(33)31(12)40(34,35)36)29-21(32)19(17-11-39-23(24)28-17)30-38-7-6-37-15-2-3-16-13(8-15)4-5-26-20(16)27-14-9-25-10-14/h2-5,8,11-12,14,18,25H,6-7,9-10H2,1H3,(H2,24,28)(H,26,27)(H,29,32)(H,34,35,36)/b30-19-/t12-,18-/m0/s1. The molecule has 2 aliphatic heterocycles. The molecule has 0 spiro atoms. The number of nitrogen functional groups attached to an aromatic ring is 1. The van der Waals surface area contributed by atoms with Gasteiger partial charge in [-0.1, -0.05) is 5.16 Å². The number of pyridine rings is 1. The first-order valence-corrected chi connectivity index (χ1v) is 14.4. The number of nitrogens with two attached hydrogens (primary N) is 1. The van der Waals surface area contributed by atoms with Crippen LogP contribution in [0, 0.1) is 0 Å². The van der Waals surface area contributed by atoms with E-state index in [0.29, 0.717) is 11.8 Å². The van der Waals surface area contributed by atoms with Gasteiger partial charge in [0, 0.05) is 30.1 Å². The maximum atomic E-state index is 12.9. The monoisotopic (exact) mass is 590 g/mol. The van der Waals surface area contributed by atoms with Gasteiger partial charge in [0.15, 0.2) is 17.5 Å². The number of nitrogens with zero attached hydrogens (tertiary/aromatic N) is 4. The zero-order chi connectivity index (χ0) is 28.4. The summed E-state index contributed by atoms with van der Waals surface area (Å²) in [5, 5.41) is 16.5. The number of fused-ring (bicyclic) bond motifs is 1. The third-order valence-corrected chi connectivity index (χ3v) is 7.99. The third-order valence-electron chi connectivity index (χ3n) is 6.31. The molecular weight excluding hydrogens is 564 g/mol. The molecule has 15 nitrogen and oxygen atoms in total. The van der Waals surface area contributed by atoms with E-state index in [4.69, 9.17) is 19.9 Å². The van der Waals surface area contributed by atoms with Crippen molar-refractivity contribution in [3.8, 4) is 5.75 Å². The van der Waals surface area contributed by atoms with Crippen LogP contribution >= 0.6 is 11.3 Å². The normalized spacial score (nSPS) is 19.6. The van der Waals surface area contributed by atoms with E-state index in [-0.39, 0.29) is 34.1 Å². The first-order chi connectivity index (χ1) is 19.1. The predicted molar refractivity (Wildman–Crippen MR) is 146 cm³/mol. The van der Waals surface area contributed by atoms with Crippen LogP contribution in [0.4, 0.5) is 10.9 Å². The number of oxime groups is 1. The van der Waals surface area contributed by atoms with E-state index in [1.807, 2.05) is 24.3 Å². The molecule has 1 aromatic carbocycles. The molecule has 2 aromatic heterocycles. The molecule has 40 heavy (non-hydrogen) atoms. The lowest BCUT2D eigenvalue weighted by atomic mass is 10.0. The van der Waals surface area contributed by atoms with Crippen molar-refractivity contribution in [2.75, 3.05) is 37.4 Å². The highest BCUT2D eigenvalue weighted by molar-refractivity contribution is 7.84. The van der Waals surface area contributed by atoms with Gasteiger partial charge in [0.2, 0.25) is 0 Å². The van der Waals surface area contributed by atoms with Crippen LogP contribution in [-0.2, 0) is 24.7 Å². The Morgan fingerprint density at radius 3 is 2.77 bits per heavy atom. The van der Waals surface area contributed by atoms with Crippen LogP contribution in [0.1, 0.15) is 12.6 Å². The predicted octanol–water partition coefficient (Wildman–Crippen LogP) is -0.0248. The number of rotatable bonds is 11. The fraction of sp³-hybridized carbons (Fsp3) is 0.348. The second kappa shape index (κ2) is 11.2. The Labute approximate surface area is 232 Å². The van der Waals surface area contributed by atoms with Crippen LogP contribution in [0.25, 0.3) is 10.8 Å². The number of carbonyl (C=O) groups excluding carboxylic acids is 2. The lowest BCUT2D eigenvalue weighted by molar-refractivity contribution is -0.143. The number of anilines is 2. The van der Waals surface area contributed by atoms with E-state index >= 15 is 0 Å². The van der Waals surface area contributed by atoms with E-state index in [1.54, 1.807) is 6.20 Å². The maximum absolute atomic E-state index is 12.9. The Hall–Kier alpha value is -4.06. The molecule has 0 bridgehead atoms. The Kier molecular flexibility index (Phi) is 7.70. The molecule has 2 aliphatic rings. The second-order valence-electron chi connectivity index (χ2n) is 9.04. The molecule has 17 heteroatoms. The highest BCUT2D eigenvalue weighted by atomic mass is 32.2. The van der Waals surface area contributed by atoms with Gasteiger partial charge in [-0.25, -0.2) is 14.3 Å². The van der Waals surface area contributed by atoms with Crippen molar-refractivity contribution < 1.29 is 32.1 Å². The van der Waals surface area contributed by atoms with Crippen LogP contribution in [0.5, 0.6) is 5.75 Å². The van der Waals surface area contributed by atoms with Crippen molar-refractivity contribution in [3.63, 3.8) is 0 Å². The lowest BCUT2D eigenvalue weighted by Crippen LogP contribution is -2.71. The molecule has 2 amide bonds. The highest BCUT2D eigenvalue weighted by Gasteiger charge is 2.51. The summed E-state index contributed by atoms with van der Waals surface area (Å²) in [4.78, 5) is 38.8. The van der Waals surface area contributed by atoms with Crippen molar-refractivity contribution in [3.05, 3.63) is 41.5 Å². The van der Waals surface area contributed by atoms with Gasteiger partial charge in [-0.3, -0.25) is 14.1 Å². The van der Waals surface area contributed by atoms with Gasteiger partial charge < -0.3 is 31.3 Å². The number of ether oxygens (including phenoxy) is 1. The quantitative estimate of drug-likeness (QED) is 0.0656. The molecule has 0 aliphatic carbocycles. The summed E-state index contributed by atoms with van der Waals surface area (Å²) < 4.78 is 37.8. The smallest absolute Gasteiger partial charge is 0.362 e. The second-order valence-corrected chi connectivity index (χ2v) is 11.2. The van der Waals surface area contributed by atoms with Crippen molar-refractivity contribution in [2.45, 2.75) is 25.0 Å². The summed E-state index contributed by atoms with van der Waals surface area (Å²) in [6.07, 6.45) is 1.73. The number of aromatic nitrogens is 2. The Morgan fingerprint density at radius 1 is 1.32 bits per heavy atom. The third kappa shape index (κ3) is 5.76. The lowest BCUT2D eigenvalue weighted by Gasteiger charge is -2.42. The number of thiazole rings is 1. The molecular formula is C23H26N8O7S2. The average molecular weight is 591 g/mol. The van der Waals surface area contributed by atoms with Crippen molar-refractivity contribution in [1.82, 2.24) is 24.9 Å². The minimum absolute atomic E-state index is 0.0262.